The van der Waals surface area contributed by atoms with Crippen molar-refractivity contribution in [1.29, 1.82) is 0 Å². The minimum absolute atomic E-state index is 0.00661. The molecular weight excluding hydrogens is 609 g/mol. The molecule has 4 aromatic carbocycles. The molecule has 0 radical (unpaired) electrons. The summed E-state index contributed by atoms with van der Waals surface area (Å²) in [7, 11) is 0. The van der Waals surface area contributed by atoms with E-state index < -0.39 is 0 Å². The largest absolute Gasteiger partial charge is 0.466 e. The number of fused-ring (bicyclic) bond motifs is 7. The standard InChI is InChI=1S/C46H54BNO2/c1-42(2,3)27-17-18-37-31(24-27)40-41(50-37)47-34-25-32-33(46(12,13)20-19-45(32,10)11)26-36(34)48(35-15-14-16-38(49-40)39(35)47)30-22-28(43(4,5)6)21-29(23-30)44(7,8)9/h14-18,21-26H,19-20H2,1-13H3. The number of furan rings is 1. The molecule has 2 aliphatic heterocycles. The van der Waals surface area contributed by atoms with Crippen LogP contribution < -0.4 is 26.2 Å². The van der Waals surface area contributed by atoms with Crippen molar-refractivity contribution in [3.63, 3.8) is 0 Å². The SMILES string of the molecule is CC(C)(C)c1cc(N2c3cc4c(cc3B3c5oc6ccc(C(C)(C)C)cc6c5Oc5cccc2c53)C(C)(C)CCC4(C)C)cc(C(C)(C)C)c1. The number of hydrogen-bond donors (Lipinski definition) is 0. The van der Waals surface area contributed by atoms with Crippen LogP contribution in [0.15, 0.2) is 71.1 Å². The summed E-state index contributed by atoms with van der Waals surface area (Å²) in [6.07, 6.45) is 2.33. The first-order valence-electron chi connectivity index (χ1n) is 18.7. The highest BCUT2D eigenvalue weighted by molar-refractivity contribution is 6.98. The molecule has 3 nitrogen and oxygen atoms in total. The van der Waals surface area contributed by atoms with Gasteiger partial charge in [-0.2, -0.15) is 0 Å². The molecule has 8 rings (SSSR count). The maximum Gasteiger partial charge on any atom is 0.301 e. The Morgan fingerprint density at radius 2 is 1.24 bits per heavy atom. The Morgan fingerprint density at radius 3 is 1.84 bits per heavy atom. The van der Waals surface area contributed by atoms with Gasteiger partial charge in [0.05, 0.1) is 5.39 Å². The highest BCUT2D eigenvalue weighted by Crippen LogP contribution is 2.50. The third-order valence-corrected chi connectivity index (χ3v) is 12.0. The normalized spacial score (nSPS) is 17.5. The van der Waals surface area contributed by atoms with Gasteiger partial charge in [-0.3, -0.25) is 0 Å². The lowest BCUT2D eigenvalue weighted by atomic mass is 9.35. The summed E-state index contributed by atoms with van der Waals surface area (Å²) in [6, 6.07) is 25.6. The topological polar surface area (TPSA) is 25.6 Å². The van der Waals surface area contributed by atoms with Crippen molar-refractivity contribution in [2.24, 2.45) is 0 Å². The summed E-state index contributed by atoms with van der Waals surface area (Å²) in [6.45, 7) is 30.4. The third-order valence-electron chi connectivity index (χ3n) is 12.0. The van der Waals surface area contributed by atoms with E-state index >= 15 is 0 Å². The lowest BCUT2D eigenvalue weighted by Gasteiger charge is -2.45. The van der Waals surface area contributed by atoms with Crippen LogP contribution >= 0.6 is 0 Å². The highest BCUT2D eigenvalue weighted by Gasteiger charge is 2.48. The molecule has 1 aromatic heterocycles. The van der Waals surface area contributed by atoms with E-state index in [2.05, 4.69) is 162 Å². The Morgan fingerprint density at radius 1 is 0.640 bits per heavy atom. The summed E-state index contributed by atoms with van der Waals surface area (Å²) in [5, 5.41) is 1.06. The molecule has 3 aliphatic rings. The van der Waals surface area contributed by atoms with E-state index in [1.165, 1.54) is 68.6 Å². The predicted molar refractivity (Wildman–Crippen MR) is 213 cm³/mol. The van der Waals surface area contributed by atoms with Crippen molar-refractivity contribution >= 4 is 51.3 Å². The molecule has 0 N–H and O–H groups in total. The van der Waals surface area contributed by atoms with Gasteiger partial charge in [0.2, 0.25) is 0 Å². The second kappa shape index (κ2) is 10.3. The summed E-state index contributed by atoms with van der Waals surface area (Å²) < 4.78 is 13.9. The Labute approximate surface area is 300 Å². The van der Waals surface area contributed by atoms with Gasteiger partial charge >= 0.3 is 6.71 Å². The number of nitrogens with zero attached hydrogens (tertiary/aromatic N) is 1. The van der Waals surface area contributed by atoms with Crippen LogP contribution in [0.3, 0.4) is 0 Å². The molecule has 50 heavy (non-hydrogen) atoms. The Kier molecular flexibility index (Phi) is 6.87. The molecular formula is C46H54BNO2. The first-order chi connectivity index (χ1) is 23.1. The minimum Gasteiger partial charge on any atom is -0.466 e. The zero-order chi connectivity index (χ0) is 35.9. The third kappa shape index (κ3) is 4.99. The molecule has 5 aromatic rings. The van der Waals surface area contributed by atoms with E-state index in [1.54, 1.807) is 0 Å². The molecule has 0 saturated heterocycles. The Hall–Kier alpha value is -3.92. The van der Waals surface area contributed by atoms with Crippen molar-refractivity contribution < 1.29 is 9.15 Å². The maximum absolute atomic E-state index is 6.97. The zero-order valence-electron chi connectivity index (χ0n) is 32.6. The zero-order valence-corrected chi connectivity index (χ0v) is 32.6. The lowest BCUT2D eigenvalue weighted by Crippen LogP contribution is -2.59. The second-order valence-corrected chi connectivity index (χ2v) is 19.8. The van der Waals surface area contributed by atoms with Crippen molar-refractivity contribution in [2.75, 3.05) is 4.90 Å². The van der Waals surface area contributed by atoms with Gasteiger partial charge in [0.15, 0.2) is 5.75 Å². The highest BCUT2D eigenvalue weighted by atomic mass is 16.5. The van der Waals surface area contributed by atoms with Gasteiger partial charge in [-0.05, 0) is 116 Å². The van der Waals surface area contributed by atoms with Crippen molar-refractivity contribution in [1.82, 2.24) is 0 Å². The fraction of sp³-hybridized carbons (Fsp3) is 0.435. The first-order valence-corrected chi connectivity index (χ1v) is 18.7. The number of benzene rings is 4. The van der Waals surface area contributed by atoms with E-state index in [4.69, 9.17) is 9.15 Å². The van der Waals surface area contributed by atoms with Crippen LogP contribution in [0.1, 0.15) is 131 Å². The van der Waals surface area contributed by atoms with Crippen LogP contribution in [0.2, 0.25) is 0 Å². The van der Waals surface area contributed by atoms with Gasteiger partial charge in [0.25, 0.3) is 0 Å². The molecule has 3 heterocycles. The molecule has 1 aliphatic carbocycles. The van der Waals surface area contributed by atoms with E-state index in [-0.39, 0.29) is 33.8 Å². The number of rotatable bonds is 1. The first kappa shape index (κ1) is 33.2. The average molecular weight is 664 g/mol. The molecule has 0 fully saturated rings. The second-order valence-electron chi connectivity index (χ2n) is 19.8. The van der Waals surface area contributed by atoms with E-state index in [1.807, 2.05) is 0 Å². The number of anilines is 3. The summed E-state index contributed by atoms with van der Waals surface area (Å²) in [5.41, 5.74) is 14.9. The van der Waals surface area contributed by atoms with E-state index in [0.29, 0.717) is 0 Å². The Balaban J connectivity index is 1.47. The van der Waals surface area contributed by atoms with Gasteiger partial charge in [-0.1, -0.05) is 114 Å². The Bertz CT molecular complexity index is 2180. The van der Waals surface area contributed by atoms with Gasteiger partial charge in [0.1, 0.15) is 17.0 Å². The summed E-state index contributed by atoms with van der Waals surface area (Å²) in [5.74, 6) is 1.78. The average Bonchev–Trinajstić information content (AvgIpc) is 3.39. The van der Waals surface area contributed by atoms with Gasteiger partial charge in [-0.15, -0.1) is 0 Å². The van der Waals surface area contributed by atoms with Gasteiger partial charge in [-0.25, -0.2) is 0 Å². The van der Waals surface area contributed by atoms with Gasteiger partial charge in [0, 0.05) is 22.5 Å². The fourth-order valence-corrected chi connectivity index (χ4v) is 8.56. The summed E-state index contributed by atoms with van der Waals surface area (Å²) >= 11 is 0. The van der Waals surface area contributed by atoms with Crippen molar-refractivity contribution in [3.8, 4) is 11.5 Å². The number of ether oxygens (including phenoxy) is 1. The van der Waals surface area contributed by atoms with Crippen LogP contribution in [0.25, 0.3) is 11.0 Å². The smallest absolute Gasteiger partial charge is 0.301 e. The number of hydrogen-bond acceptors (Lipinski definition) is 3. The predicted octanol–water partition coefficient (Wildman–Crippen LogP) is 11.1. The maximum atomic E-state index is 6.97. The molecule has 258 valence electrons. The molecule has 0 saturated carbocycles. The van der Waals surface area contributed by atoms with Crippen LogP contribution in [0.4, 0.5) is 17.1 Å². The monoisotopic (exact) mass is 663 g/mol. The van der Waals surface area contributed by atoms with Crippen molar-refractivity contribution in [2.45, 2.75) is 130 Å². The van der Waals surface area contributed by atoms with Crippen LogP contribution in [-0.4, -0.2) is 6.71 Å². The minimum atomic E-state index is -0.0827. The molecule has 0 spiro atoms. The quantitative estimate of drug-likeness (QED) is 0.164. The molecule has 4 heteroatoms. The molecule has 0 unspecified atom stereocenters. The fourth-order valence-electron chi connectivity index (χ4n) is 8.56. The lowest BCUT2D eigenvalue weighted by molar-refractivity contribution is 0.332. The molecule has 0 bridgehead atoms. The van der Waals surface area contributed by atoms with E-state index in [0.717, 1.165) is 28.1 Å². The van der Waals surface area contributed by atoms with Gasteiger partial charge < -0.3 is 14.1 Å². The summed E-state index contributed by atoms with van der Waals surface area (Å²) in [4.78, 5) is 2.54. The molecule has 0 amide bonds. The van der Waals surface area contributed by atoms with E-state index in [9.17, 15) is 0 Å². The van der Waals surface area contributed by atoms with Crippen LogP contribution in [0, 0.1) is 0 Å². The molecule has 0 atom stereocenters. The van der Waals surface area contributed by atoms with Crippen LogP contribution in [0.5, 0.6) is 11.5 Å². The van der Waals surface area contributed by atoms with Crippen LogP contribution in [-0.2, 0) is 27.1 Å². The van der Waals surface area contributed by atoms with Crippen molar-refractivity contribution in [3.05, 3.63) is 94.5 Å².